The van der Waals surface area contributed by atoms with Gasteiger partial charge in [0.25, 0.3) is 0 Å². The third kappa shape index (κ3) is 6.19. The van der Waals surface area contributed by atoms with E-state index in [1.165, 1.54) is 21.3 Å². The lowest BCUT2D eigenvalue weighted by Gasteiger charge is -2.38. The standard InChI is InChI=1S/C23H29ClN2O5.ClH/c1-29-19-14-18(15-20(30-2)22(19)31-3)25-21(27)8-11-26-12-9-23(28,10-13-26)16-4-6-17(24)7-5-16;/h4-7,14-15,28H,8-13H2,1-3H3,(H,25,27);1H. The molecule has 0 aromatic heterocycles. The van der Waals surface area contributed by atoms with Gasteiger partial charge in [-0.05, 0) is 30.5 Å². The van der Waals surface area contributed by atoms with Gasteiger partial charge in [-0.2, -0.15) is 0 Å². The molecule has 32 heavy (non-hydrogen) atoms. The maximum absolute atomic E-state index is 12.5. The van der Waals surface area contributed by atoms with Crippen LogP contribution in [0.15, 0.2) is 36.4 Å². The van der Waals surface area contributed by atoms with Gasteiger partial charge in [0.15, 0.2) is 11.5 Å². The highest BCUT2D eigenvalue weighted by molar-refractivity contribution is 6.30. The summed E-state index contributed by atoms with van der Waals surface area (Å²) in [5.74, 6) is 1.33. The van der Waals surface area contributed by atoms with Crippen LogP contribution in [-0.2, 0) is 10.4 Å². The summed E-state index contributed by atoms with van der Waals surface area (Å²) in [4.78, 5) is 14.7. The second-order valence-corrected chi connectivity index (χ2v) is 8.03. The summed E-state index contributed by atoms with van der Waals surface area (Å²) < 4.78 is 15.9. The number of nitrogens with zero attached hydrogens (tertiary/aromatic N) is 1. The Balaban J connectivity index is 0.00000363. The van der Waals surface area contributed by atoms with Crippen LogP contribution in [0.5, 0.6) is 17.2 Å². The van der Waals surface area contributed by atoms with Crippen LogP contribution in [-0.4, -0.2) is 56.9 Å². The van der Waals surface area contributed by atoms with Crippen LogP contribution < -0.4 is 19.5 Å². The van der Waals surface area contributed by atoms with Crippen LogP contribution in [0.1, 0.15) is 24.8 Å². The first-order valence-corrected chi connectivity index (χ1v) is 10.6. The molecule has 1 heterocycles. The highest BCUT2D eigenvalue weighted by Crippen LogP contribution is 2.40. The average Bonchev–Trinajstić information content (AvgIpc) is 2.78. The highest BCUT2D eigenvalue weighted by Gasteiger charge is 2.33. The van der Waals surface area contributed by atoms with E-state index in [0.717, 1.165) is 18.7 Å². The minimum atomic E-state index is -0.848. The molecule has 2 aromatic carbocycles. The number of hydrogen-bond acceptors (Lipinski definition) is 6. The van der Waals surface area contributed by atoms with Gasteiger partial charge in [0.2, 0.25) is 11.7 Å². The van der Waals surface area contributed by atoms with Crippen LogP contribution in [0, 0.1) is 0 Å². The van der Waals surface area contributed by atoms with Crippen LogP contribution in [0.25, 0.3) is 0 Å². The zero-order chi connectivity index (χ0) is 22.4. The summed E-state index contributed by atoms with van der Waals surface area (Å²) in [7, 11) is 4.60. The Bertz CT molecular complexity index is 875. The first kappa shape index (κ1) is 26.1. The van der Waals surface area contributed by atoms with E-state index in [0.29, 0.717) is 53.8 Å². The number of halogens is 2. The number of anilines is 1. The van der Waals surface area contributed by atoms with E-state index in [2.05, 4.69) is 10.2 Å². The smallest absolute Gasteiger partial charge is 0.225 e. The molecule has 0 atom stereocenters. The molecule has 0 aliphatic carbocycles. The van der Waals surface area contributed by atoms with Crippen molar-refractivity contribution in [2.24, 2.45) is 0 Å². The molecule has 0 bridgehead atoms. The Hall–Kier alpha value is -2.19. The summed E-state index contributed by atoms with van der Waals surface area (Å²) in [6, 6.07) is 10.8. The van der Waals surface area contributed by atoms with E-state index in [1.54, 1.807) is 24.3 Å². The molecule has 1 fully saturated rings. The van der Waals surface area contributed by atoms with Crippen molar-refractivity contribution in [3.63, 3.8) is 0 Å². The van der Waals surface area contributed by atoms with E-state index in [4.69, 9.17) is 25.8 Å². The molecule has 1 aliphatic rings. The molecule has 0 unspecified atom stereocenters. The second kappa shape index (κ2) is 11.6. The molecular weight excluding hydrogens is 455 g/mol. The summed E-state index contributed by atoms with van der Waals surface area (Å²) in [6.07, 6.45) is 1.57. The predicted molar refractivity (Wildman–Crippen MR) is 128 cm³/mol. The number of benzene rings is 2. The molecule has 1 aliphatic heterocycles. The van der Waals surface area contributed by atoms with E-state index in [1.807, 2.05) is 12.1 Å². The van der Waals surface area contributed by atoms with Gasteiger partial charge in [-0.1, -0.05) is 23.7 Å². The van der Waals surface area contributed by atoms with Crippen molar-refractivity contribution in [2.45, 2.75) is 24.9 Å². The van der Waals surface area contributed by atoms with Crippen molar-refractivity contribution >= 4 is 35.6 Å². The van der Waals surface area contributed by atoms with Gasteiger partial charge in [0.05, 0.1) is 26.9 Å². The Kier molecular flexibility index (Phi) is 9.46. The Morgan fingerprint density at radius 1 is 1.06 bits per heavy atom. The number of carbonyl (C=O) groups is 1. The van der Waals surface area contributed by atoms with Gasteiger partial charge >= 0.3 is 0 Å². The zero-order valence-electron chi connectivity index (χ0n) is 18.5. The molecule has 2 N–H and O–H groups in total. The summed E-state index contributed by atoms with van der Waals surface area (Å²) in [5.41, 5.74) is 0.617. The first-order chi connectivity index (χ1) is 14.9. The Labute approximate surface area is 200 Å². The van der Waals surface area contributed by atoms with Crippen LogP contribution >= 0.6 is 24.0 Å². The number of ether oxygens (including phenoxy) is 3. The lowest BCUT2D eigenvalue weighted by Crippen LogP contribution is -2.43. The molecule has 2 aromatic rings. The molecule has 7 nitrogen and oxygen atoms in total. The topological polar surface area (TPSA) is 80.3 Å². The number of carbonyl (C=O) groups excluding carboxylic acids is 1. The fraction of sp³-hybridized carbons (Fsp3) is 0.435. The van der Waals surface area contributed by atoms with Crippen molar-refractivity contribution < 1.29 is 24.1 Å². The maximum atomic E-state index is 12.5. The molecule has 0 radical (unpaired) electrons. The lowest BCUT2D eigenvalue weighted by molar-refractivity contribution is -0.116. The fourth-order valence-corrected chi connectivity index (χ4v) is 3.96. The highest BCUT2D eigenvalue weighted by atomic mass is 35.5. The van der Waals surface area contributed by atoms with Gasteiger partial charge in [0.1, 0.15) is 0 Å². The predicted octanol–water partition coefficient (Wildman–Crippen LogP) is 4.10. The van der Waals surface area contributed by atoms with Gasteiger partial charge in [-0.15, -0.1) is 12.4 Å². The van der Waals surface area contributed by atoms with Crippen molar-refractivity contribution in [1.29, 1.82) is 0 Å². The quantitative estimate of drug-likeness (QED) is 0.586. The lowest BCUT2D eigenvalue weighted by atomic mass is 9.84. The number of amides is 1. The van der Waals surface area contributed by atoms with E-state index in [9.17, 15) is 9.90 Å². The van der Waals surface area contributed by atoms with Gasteiger partial charge in [0, 0.05) is 48.9 Å². The maximum Gasteiger partial charge on any atom is 0.225 e. The number of nitrogens with one attached hydrogen (secondary N) is 1. The zero-order valence-corrected chi connectivity index (χ0v) is 20.1. The molecule has 1 amide bonds. The Morgan fingerprint density at radius 3 is 2.12 bits per heavy atom. The van der Waals surface area contributed by atoms with Gasteiger partial charge in [-0.3, -0.25) is 4.79 Å². The first-order valence-electron chi connectivity index (χ1n) is 10.2. The summed E-state index contributed by atoms with van der Waals surface area (Å²) in [5, 5.41) is 14.5. The van der Waals surface area contributed by atoms with Crippen LogP contribution in [0.4, 0.5) is 5.69 Å². The van der Waals surface area contributed by atoms with E-state index < -0.39 is 5.60 Å². The minimum Gasteiger partial charge on any atom is -0.493 e. The third-order valence-corrected chi connectivity index (χ3v) is 5.92. The van der Waals surface area contributed by atoms with Crippen molar-refractivity contribution in [1.82, 2.24) is 4.90 Å². The molecule has 0 spiro atoms. The van der Waals surface area contributed by atoms with Crippen LogP contribution in [0.2, 0.25) is 5.02 Å². The van der Waals surface area contributed by atoms with Crippen molar-refractivity contribution in [3.8, 4) is 17.2 Å². The summed E-state index contributed by atoms with van der Waals surface area (Å²) in [6.45, 7) is 2.06. The SMILES string of the molecule is COc1cc(NC(=O)CCN2CCC(O)(c3ccc(Cl)cc3)CC2)cc(OC)c1OC.Cl. The largest absolute Gasteiger partial charge is 0.493 e. The van der Waals surface area contributed by atoms with E-state index in [-0.39, 0.29) is 18.3 Å². The molecule has 1 saturated heterocycles. The van der Waals surface area contributed by atoms with Gasteiger partial charge in [-0.25, -0.2) is 0 Å². The number of aliphatic hydroxyl groups is 1. The molecule has 3 rings (SSSR count). The van der Waals surface area contributed by atoms with E-state index >= 15 is 0 Å². The second-order valence-electron chi connectivity index (χ2n) is 7.59. The fourth-order valence-electron chi connectivity index (χ4n) is 3.83. The van der Waals surface area contributed by atoms with Gasteiger partial charge < -0.3 is 29.5 Å². The number of rotatable bonds is 8. The monoisotopic (exact) mass is 484 g/mol. The molecule has 9 heteroatoms. The van der Waals surface area contributed by atoms with Crippen molar-refractivity contribution in [2.75, 3.05) is 46.3 Å². The third-order valence-electron chi connectivity index (χ3n) is 5.67. The van der Waals surface area contributed by atoms with Crippen molar-refractivity contribution in [3.05, 3.63) is 47.0 Å². The number of methoxy groups -OCH3 is 3. The number of likely N-dealkylation sites (tertiary alicyclic amines) is 1. The molecular formula is C23H30Cl2N2O5. The number of hydrogen-bond donors (Lipinski definition) is 2. The number of piperidine rings is 1. The Morgan fingerprint density at radius 2 is 1.62 bits per heavy atom. The molecule has 176 valence electrons. The average molecular weight is 485 g/mol. The molecule has 0 saturated carbocycles. The van der Waals surface area contributed by atoms with Crippen LogP contribution in [0.3, 0.4) is 0 Å². The summed E-state index contributed by atoms with van der Waals surface area (Å²) >= 11 is 5.95. The minimum absolute atomic E-state index is 0. The normalized spacial score (nSPS) is 15.4.